The van der Waals surface area contributed by atoms with Crippen LogP contribution in [0.1, 0.15) is 20.8 Å². The van der Waals surface area contributed by atoms with Crippen LogP contribution in [0.2, 0.25) is 5.02 Å². The van der Waals surface area contributed by atoms with Crippen LogP contribution < -0.4 is 10.2 Å². The molecular formula is C14H21ClN2. The minimum absolute atomic E-state index is 0.297. The number of piperazine rings is 1. The standard InChI is InChI=1S/C14H21ClN2/c1-14(2,3)13-10-17(9-8-16-13)12-6-4-11(15)5-7-12/h4-7,13,16H,8-10H2,1-3H3. The van der Waals surface area contributed by atoms with Crippen molar-refractivity contribution in [1.82, 2.24) is 5.32 Å². The largest absolute Gasteiger partial charge is 0.369 e. The van der Waals surface area contributed by atoms with Crippen molar-refractivity contribution in [2.75, 3.05) is 24.5 Å². The van der Waals surface area contributed by atoms with Crippen molar-refractivity contribution in [3.8, 4) is 0 Å². The molecule has 0 spiro atoms. The number of halogens is 1. The Morgan fingerprint density at radius 1 is 1.24 bits per heavy atom. The monoisotopic (exact) mass is 252 g/mol. The summed E-state index contributed by atoms with van der Waals surface area (Å²) in [5, 5.41) is 4.40. The molecule has 1 aliphatic heterocycles. The van der Waals surface area contributed by atoms with Gasteiger partial charge in [-0.1, -0.05) is 32.4 Å². The van der Waals surface area contributed by atoms with Crippen LogP contribution in [0.25, 0.3) is 0 Å². The van der Waals surface area contributed by atoms with E-state index in [1.54, 1.807) is 0 Å². The molecule has 1 atom stereocenters. The number of nitrogens with zero attached hydrogens (tertiary/aromatic N) is 1. The molecule has 1 saturated heterocycles. The van der Waals surface area contributed by atoms with E-state index in [-0.39, 0.29) is 0 Å². The molecule has 1 N–H and O–H groups in total. The average Bonchev–Trinajstić information content (AvgIpc) is 2.29. The molecule has 0 aromatic heterocycles. The van der Waals surface area contributed by atoms with Crippen LogP contribution in [0.15, 0.2) is 24.3 Å². The topological polar surface area (TPSA) is 15.3 Å². The van der Waals surface area contributed by atoms with Crippen molar-refractivity contribution in [2.24, 2.45) is 5.41 Å². The molecule has 17 heavy (non-hydrogen) atoms. The maximum Gasteiger partial charge on any atom is 0.0407 e. The summed E-state index contributed by atoms with van der Waals surface area (Å²) in [6.45, 7) is 10.0. The maximum atomic E-state index is 5.92. The van der Waals surface area contributed by atoms with Crippen LogP contribution in [0.3, 0.4) is 0 Å². The Morgan fingerprint density at radius 3 is 2.47 bits per heavy atom. The van der Waals surface area contributed by atoms with Gasteiger partial charge in [-0.2, -0.15) is 0 Å². The lowest BCUT2D eigenvalue weighted by atomic mass is 9.85. The smallest absolute Gasteiger partial charge is 0.0407 e. The highest BCUT2D eigenvalue weighted by Crippen LogP contribution is 2.25. The van der Waals surface area contributed by atoms with E-state index in [0.29, 0.717) is 11.5 Å². The zero-order chi connectivity index (χ0) is 12.5. The molecule has 1 fully saturated rings. The Labute approximate surface area is 109 Å². The molecule has 1 unspecified atom stereocenters. The lowest BCUT2D eigenvalue weighted by Gasteiger charge is -2.41. The number of hydrogen-bond donors (Lipinski definition) is 1. The number of benzene rings is 1. The second-order valence-corrected chi connectivity index (χ2v) is 6.23. The predicted octanol–water partition coefficient (Wildman–Crippen LogP) is 3.16. The average molecular weight is 253 g/mol. The van der Waals surface area contributed by atoms with Crippen LogP contribution in [-0.2, 0) is 0 Å². The second kappa shape index (κ2) is 4.87. The predicted molar refractivity (Wildman–Crippen MR) is 74.9 cm³/mol. The summed E-state index contributed by atoms with van der Waals surface area (Å²) in [5.41, 5.74) is 1.57. The summed E-state index contributed by atoms with van der Waals surface area (Å²) in [5.74, 6) is 0. The van der Waals surface area contributed by atoms with Crippen molar-refractivity contribution in [1.29, 1.82) is 0 Å². The quantitative estimate of drug-likeness (QED) is 0.826. The van der Waals surface area contributed by atoms with Crippen LogP contribution in [-0.4, -0.2) is 25.7 Å². The summed E-state index contributed by atoms with van der Waals surface area (Å²) in [4.78, 5) is 2.43. The summed E-state index contributed by atoms with van der Waals surface area (Å²) in [7, 11) is 0. The van der Waals surface area contributed by atoms with Crippen molar-refractivity contribution in [3.63, 3.8) is 0 Å². The third-order valence-electron chi connectivity index (χ3n) is 3.41. The number of rotatable bonds is 1. The molecule has 1 heterocycles. The zero-order valence-corrected chi connectivity index (χ0v) is 11.6. The van der Waals surface area contributed by atoms with E-state index in [0.717, 1.165) is 24.7 Å². The zero-order valence-electron chi connectivity index (χ0n) is 10.8. The molecule has 2 nitrogen and oxygen atoms in total. The van der Waals surface area contributed by atoms with Gasteiger partial charge in [0, 0.05) is 36.4 Å². The van der Waals surface area contributed by atoms with E-state index >= 15 is 0 Å². The Kier molecular flexibility index (Phi) is 3.64. The highest BCUT2D eigenvalue weighted by molar-refractivity contribution is 6.30. The Hall–Kier alpha value is -0.730. The van der Waals surface area contributed by atoms with E-state index in [2.05, 4.69) is 43.1 Å². The van der Waals surface area contributed by atoms with E-state index in [9.17, 15) is 0 Å². The van der Waals surface area contributed by atoms with E-state index in [1.807, 2.05) is 12.1 Å². The van der Waals surface area contributed by atoms with Crippen LogP contribution >= 0.6 is 11.6 Å². The Morgan fingerprint density at radius 2 is 1.88 bits per heavy atom. The van der Waals surface area contributed by atoms with Gasteiger partial charge in [0.1, 0.15) is 0 Å². The first kappa shape index (κ1) is 12.7. The van der Waals surface area contributed by atoms with Crippen LogP contribution in [0.4, 0.5) is 5.69 Å². The van der Waals surface area contributed by atoms with E-state index in [1.165, 1.54) is 5.69 Å². The number of anilines is 1. The first-order chi connectivity index (χ1) is 7.97. The van der Waals surface area contributed by atoms with Gasteiger partial charge in [0.2, 0.25) is 0 Å². The van der Waals surface area contributed by atoms with Crippen molar-refractivity contribution < 1.29 is 0 Å². The van der Waals surface area contributed by atoms with E-state index in [4.69, 9.17) is 11.6 Å². The molecular weight excluding hydrogens is 232 g/mol. The lowest BCUT2D eigenvalue weighted by molar-refractivity contribution is 0.254. The van der Waals surface area contributed by atoms with E-state index < -0.39 is 0 Å². The molecule has 0 bridgehead atoms. The molecule has 0 saturated carbocycles. The fourth-order valence-corrected chi connectivity index (χ4v) is 2.34. The first-order valence-electron chi connectivity index (χ1n) is 6.21. The van der Waals surface area contributed by atoms with Crippen LogP contribution in [0, 0.1) is 5.41 Å². The van der Waals surface area contributed by atoms with Gasteiger partial charge >= 0.3 is 0 Å². The van der Waals surface area contributed by atoms with Crippen molar-refractivity contribution >= 4 is 17.3 Å². The summed E-state index contributed by atoms with van der Waals surface area (Å²) in [6.07, 6.45) is 0. The van der Waals surface area contributed by atoms with Crippen LogP contribution in [0.5, 0.6) is 0 Å². The second-order valence-electron chi connectivity index (χ2n) is 5.80. The highest BCUT2D eigenvalue weighted by Gasteiger charge is 2.29. The highest BCUT2D eigenvalue weighted by atomic mass is 35.5. The molecule has 1 aliphatic rings. The van der Waals surface area contributed by atoms with Gasteiger partial charge in [0.25, 0.3) is 0 Å². The van der Waals surface area contributed by atoms with Gasteiger partial charge in [-0.05, 0) is 29.7 Å². The van der Waals surface area contributed by atoms with Gasteiger partial charge in [-0.3, -0.25) is 0 Å². The fourth-order valence-electron chi connectivity index (χ4n) is 2.22. The van der Waals surface area contributed by atoms with Gasteiger partial charge in [-0.25, -0.2) is 0 Å². The third-order valence-corrected chi connectivity index (χ3v) is 3.66. The van der Waals surface area contributed by atoms with Crippen molar-refractivity contribution in [2.45, 2.75) is 26.8 Å². The lowest BCUT2D eigenvalue weighted by Crippen LogP contribution is -2.56. The molecule has 2 rings (SSSR count). The van der Waals surface area contributed by atoms with Gasteiger partial charge < -0.3 is 10.2 Å². The Balaban J connectivity index is 2.09. The molecule has 0 radical (unpaired) electrons. The minimum Gasteiger partial charge on any atom is -0.369 e. The maximum absolute atomic E-state index is 5.92. The van der Waals surface area contributed by atoms with Gasteiger partial charge in [0.05, 0.1) is 0 Å². The normalized spacial score (nSPS) is 21.6. The summed E-state index contributed by atoms with van der Waals surface area (Å²) < 4.78 is 0. The van der Waals surface area contributed by atoms with Gasteiger partial charge in [0.15, 0.2) is 0 Å². The molecule has 1 aromatic carbocycles. The summed E-state index contributed by atoms with van der Waals surface area (Å²) in [6, 6.07) is 8.67. The molecule has 0 amide bonds. The number of nitrogens with one attached hydrogen (secondary N) is 1. The van der Waals surface area contributed by atoms with Crippen molar-refractivity contribution in [3.05, 3.63) is 29.3 Å². The van der Waals surface area contributed by atoms with Gasteiger partial charge in [-0.15, -0.1) is 0 Å². The molecule has 3 heteroatoms. The Bertz CT molecular complexity index is 367. The number of hydrogen-bond acceptors (Lipinski definition) is 2. The molecule has 0 aliphatic carbocycles. The SMILES string of the molecule is CC(C)(C)C1CN(c2ccc(Cl)cc2)CCN1. The minimum atomic E-state index is 0.297. The molecule has 94 valence electrons. The summed E-state index contributed by atoms with van der Waals surface area (Å²) >= 11 is 5.92. The first-order valence-corrected chi connectivity index (χ1v) is 6.58. The third kappa shape index (κ3) is 3.14. The fraction of sp³-hybridized carbons (Fsp3) is 0.571. The molecule has 1 aromatic rings.